The second-order valence-corrected chi connectivity index (χ2v) is 2.03. The highest BCUT2D eigenvalue weighted by molar-refractivity contribution is 5.86. The molecule has 0 saturated heterocycles. The van der Waals surface area contributed by atoms with Gasteiger partial charge in [-0.3, -0.25) is 0 Å². The van der Waals surface area contributed by atoms with Crippen LogP contribution in [0.25, 0.3) is 0 Å². The van der Waals surface area contributed by atoms with E-state index in [4.69, 9.17) is 5.26 Å². The molecule has 1 rings (SSSR count). The molecule has 0 amide bonds. The normalized spacial score (nSPS) is 16.5. The predicted octanol–water partition coefficient (Wildman–Crippen LogP) is 1.30. The Hall–Kier alpha value is -1.57. The van der Waals surface area contributed by atoms with E-state index in [2.05, 4.69) is 4.99 Å². The van der Waals surface area contributed by atoms with E-state index < -0.39 is 17.3 Å². The summed E-state index contributed by atoms with van der Waals surface area (Å²) in [4.78, 5) is 3.41. The highest BCUT2D eigenvalue weighted by atomic mass is 19.4. The Kier molecular flexibility index (Phi) is 2.00. The maximum Gasteiger partial charge on any atom is 0.418 e. The molecular formula is C7H3F3N2+. The van der Waals surface area contributed by atoms with Crippen LogP contribution >= 0.6 is 0 Å². The summed E-state index contributed by atoms with van der Waals surface area (Å²) in [5.41, 5.74) is -1.40. The largest absolute Gasteiger partial charge is 0.418 e. The van der Waals surface area contributed by atoms with E-state index in [1.807, 2.05) is 0 Å². The van der Waals surface area contributed by atoms with Crippen LogP contribution in [0.1, 0.15) is 0 Å². The molecule has 0 bridgehead atoms. The molecule has 0 aromatic carbocycles. The molecule has 5 heteroatoms. The van der Waals surface area contributed by atoms with Gasteiger partial charge in [0.15, 0.2) is 0 Å². The zero-order chi connectivity index (χ0) is 9.19. The Morgan fingerprint density at radius 2 is 2.08 bits per heavy atom. The van der Waals surface area contributed by atoms with Gasteiger partial charge in [-0.2, -0.15) is 18.4 Å². The third kappa shape index (κ3) is 1.53. The molecule has 0 aliphatic carbocycles. The summed E-state index contributed by atoms with van der Waals surface area (Å²) in [6.07, 6.45) is -1.81. The van der Waals surface area contributed by atoms with Crippen molar-refractivity contribution in [3.05, 3.63) is 23.4 Å². The van der Waals surface area contributed by atoms with E-state index in [1.54, 1.807) is 0 Å². The zero-order valence-corrected chi connectivity index (χ0v) is 5.76. The van der Waals surface area contributed by atoms with E-state index in [9.17, 15) is 13.2 Å². The lowest BCUT2D eigenvalue weighted by Crippen LogP contribution is -2.15. The lowest BCUT2D eigenvalue weighted by atomic mass is 10.1. The molecule has 1 aliphatic rings. The SMILES string of the molecule is N#CC1=C(C(F)(F)F)C=C[N+]=C1. The van der Waals surface area contributed by atoms with Crippen LogP contribution in [-0.2, 0) is 0 Å². The quantitative estimate of drug-likeness (QED) is 0.542. The van der Waals surface area contributed by atoms with Gasteiger partial charge in [-0.15, -0.1) is 0 Å². The summed E-state index contributed by atoms with van der Waals surface area (Å²) in [6.45, 7) is 0. The van der Waals surface area contributed by atoms with Gasteiger partial charge in [0.2, 0.25) is 6.20 Å². The van der Waals surface area contributed by atoms with Crippen LogP contribution in [0.2, 0.25) is 0 Å². The van der Waals surface area contributed by atoms with Gasteiger partial charge in [0.25, 0.3) is 6.21 Å². The summed E-state index contributed by atoms with van der Waals surface area (Å²) in [5, 5.41) is 8.29. The summed E-state index contributed by atoms with van der Waals surface area (Å²) in [7, 11) is 0. The lowest BCUT2D eigenvalue weighted by molar-refractivity contribution is -0.0885. The molecule has 0 atom stereocenters. The van der Waals surface area contributed by atoms with Gasteiger partial charge >= 0.3 is 6.18 Å². The highest BCUT2D eigenvalue weighted by Crippen LogP contribution is 2.29. The van der Waals surface area contributed by atoms with Gasteiger partial charge in [0.1, 0.15) is 11.6 Å². The average Bonchev–Trinajstić information content (AvgIpc) is 2.03. The Labute approximate surface area is 66.3 Å². The van der Waals surface area contributed by atoms with E-state index in [0.717, 1.165) is 18.5 Å². The fourth-order valence-electron chi connectivity index (χ4n) is 0.731. The number of hydrogen-bond donors (Lipinski definition) is 0. The van der Waals surface area contributed by atoms with Crippen LogP contribution in [0, 0.1) is 11.3 Å². The van der Waals surface area contributed by atoms with Crippen LogP contribution in [0.5, 0.6) is 0 Å². The molecule has 1 radical (unpaired) electrons. The van der Waals surface area contributed by atoms with Gasteiger partial charge in [-0.1, -0.05) is 0 Å². The Bertz CT molecular complexity index is 315. The monoisotopic (exact) mass is 172 g/mol. The Morgan fingerprint density at radius 1 is 1.42 bits per heavy atom. The summed E-state index contributed by atoms with van der Waals surface area (Å²) < 4.78 is 36.2. The number of rotatable bonds is 0. The van der Waals surface area contributed by atoms with Gasteiger partial charge in [-0.25, -0.2) is 0 Å². The maximum absolute atomic E-state index is 12.1. The van der Waals surface area contributed by atoms with Crippen molar-refractivity contribution in [1.82, 2.24) is 4.99 Å². The van der Waals surface area contributed by atoms with Crippen molar-refractivity contribution in [1.29, 1.82) is 5.26 Å². The Morgan fingerprint density at radius 3 is 2.50 bits per heavy atom. The van der Waals surface area contributed by atoms with Crippen molar-refractivity contribution in [2.45, 2.75) is 6.18 Å². The van der Waals surface area contributed by atoms with Crippen molar-refractivity contribution in [3.8, 4) is 6.07 Å². The molecule has 0 N–H and O–H groups in total. The first-order chi connectivity index (χ1) is 5.55. The highest BCUT2D eigenvalue weighted by Gasteiger charge is 2.37. The number of allylic oxidation sites excluding steroid dienone is 3. The van der Waals surface area contributed by atoms with Gasteiger partial charge < -0.3 is 0 Å². The van der Waals surface area contributed by atoms with Crippen LogP contribution < -0.4 is 4.99 Å². The molecule has 0 fully saturated rings. The second-order valence-electron chi connectivity index (χ2n) is 2.03. The first-order valence-corrected chi connectivity index (χ1v) is 2.97. The van der Waals surface area contributed by atoms with Crippen molar-refractivity contribution in [3.63, 3.8) is 0 Å². The fraction of sp³-hybridized carbons (Fsp3) is 0.143. The van der Waals surface area contributed by atoms with Gasteiger partial charge in [0.05, 0.1) is 10.6 Å². The van der Waals surface area contributed by atoms with E-state index in [1.165, 1.54) is 6.07 Å². The summed E-state index contributed by atoms with van der Waals surface area (Å²) in [6, 6.07) is 1.42. The minimum absolute atomic E-state index is 0.454. The second kappa shape index (κ2) is 2.81. The van der Waals surface area contributed by atoms with E-state index >= 15 is 0 Å². The van der Waals surface area contributed by atoms with Crippen LogP contribution in [0.15, 0.2) is 23.4 Å². The molecule has 2 nitrogen and oxygen atoms in total. The average molecular weight is 172 g/mol. The smallest absolute Gasteiger partial charge is 0.192 e. The van der Waals surface area contributed by atoms with Crippen molar-refractivity contribution in [2.75, 3.05) is 0 Å². The lowest BCUT2D eigenvalue weighted by Gasteiger charge is -2.06. The molecule has 0 aromatic rings. The van der Waals surface area contributed by atoms with Crippen LogP contribution in [0.4, 0.5) is 13.2 Å². The van der Waals surface area contributed by atoms with Crippen molar-refractivity contribution < 1.29 is 13.2 Å². The summed E-state index contributed by atoms with van der Waals surface area (Å²) >= 11 is 0. The van der Waals surface area contributed by atoms with E-state index in [0.29, 0.717) is 0 Å². The standard InChI is InChI=1S/C7H3F3N2/c8-7(9,10)6-1-2-12-4-5(6)3-11/h1-2,4H/q+1. The van der Waals surface area contributed by atoms with E-state index in [-0.39, 0.29) is 0 Å². The topological polar surface area (TPSA) is 37.9 Å². The van der Waals surface area contributed by atoms with Gasteiger partial charge in [-0.05, 0) is 0 Å². The third-order valence-electron chi connectivity index (χ3n) is 1.25. The molecule has 1 heterocycles. The first kappa shape index (κ1) is 8.53. The number of aliphatic imine (C=N–C) groups is 1. The molecule has 0 spiro atoms. The summed E-state index contributed by atoms with van der Waals surface area (Å²) in [5.74, 6) is 0. The zero-order valence-electron chi connectivity index (χ0n) is 5.76. The van der Waals surface area contributed by atoms with Crippen molar-refractivity contribution in [2.24, 2.45) is 0 Å². The van der Waals surface area contributed by atoms with Crippen molar-refractivity contribution >= 4 is 6.21 Å². The third-order valence-corrected chi connectivity index (χ3v) is 1.25. The van der Waals surface area contributed by atoms with Gasteiger partial charge in [0, 0.05) is 6.08 Å². The molecule has 0 saturated carbocycles. The molecule has 1 aliphatic heterocycles. The fourth-order valence-corrected chi connectivity index (χ4v) is 0.731. The first-order valence-electron chi connectivity index (χ1n) is 2.97. The molecular weight excluding hydrogens is 169 g/mol. The van der Waals surface area contributed by atoms with Crippen LogP contribution in [-0.4, -0.2) is 12.4 Å². The molecule has 0 aromatic heterocycles. The number of nitriles is 1. The predicted molar refractivity (Wildman–Crippen MR) is 36.0 cm³/mol. The number of halogens is 3. The minimum atomic E-state index is -4.48. The number of nitrogens with zero attached hydrogens (tertiary/aromatic N) is 2. The molecule has 0 unspecified atom stereocenters. The maximum atomic E-state index is 12.1. The number of hydrogen-bond acceptors (Lipinski definition) is 2. The molecule has 61 valence electrons. The number of alkyl halides is 3. The van der Waals surface area contributed by atoms with Crippen LogP contribution in [0.3, 0.4) is 0 Å². The molecule has 12 heavy (non-hydrogen) atoms. The minimum Gasteiger partial charge on any atom is -0.192 e. The Balaban J connectivity index is 3.18.